The van der Waals surface area contributed by atoms with Gasteiger partial charge in [0.15, 0.2) is 11.5 Å². The van der Waals surface area contributed by atoms with E-state index in [9.17, 15) is 9.59 Å². The minimum Gasteiger partial charge on any atom is -0.493 e. The minimum atomic E-state index is -0.202. The van der Waals surface area contributed by atoms with Crippen LogP contribution < -0.4 is 9.47 Å². The number of aromatic nitrogens is 1. The van der Waals surface area contributed by atoms with Crippen LogP contribution in [0.2, 0.25) is 0 Å². The number of fused-ring (bicyclic) bond motifs is 1. The van der Waals surface area contributed by atoms with E-state index < -0.39 is 0 Å². The molecular weight excluding hydrogens is 364 g/mol. The zero-order chi connectivity index (χ0) is 19.0. The van der Waals surface area contributed by atoms with Crippen LogP contribution >= 0.6 is 11.3 Å². The minimum absolute atomic E-state index is 0.0741. The summed E-state index contributed by atoms with van der Waals surface area (Å²) < 4.78 is 10.6. The largest absolute Gasteiger partial charge is 0.493 e. The Morgan fingerprint density at radius 1 is 1.07 bits per heavy atom. The van der Waals surface area contributed by atoms with Gasteiger partial charge in [-0.1, -0.05) is 12.2 Å². The maximum atomic E-state index is 12.6. The molecule has 0 N–H and O–H groups in total. The van der Waals surface area contributed by atoms with Crippen LogP contribution in [0.1, 0.15) is 18.5 Å². The molecule has 0 unspecified atom stereocenters. The van der Waals surface area contributed by atoms with E-state index >= 15 is 0 Å². The maximum absolute atomic E-state index is 12.6. The Labute approximate surface area is 161 Å². The van der Waals surface area contributed by atoms with Crippen molar-refractivity contribution < 1.29 is 19.1 Å². The Kier molecular flexibility index (Phi) is 4.70. The first kappa shape index (κ1) is 17.7. The predicted molar refractivity (Wildman–Crippen MR) is 102 cm³/mol. The molecule has 2 atom stereocenters. The second-order valence-electron chi connectivity index (χ2n) is 6.63. The highest BCUT2D eigenvalue weighted by atomic mass is 32.1. The van der Waals surface area contributed by atoms with Gasteiger partial charge in [0.05, 0.1) is 38.3 Å². The molecule has 4 rings (SSSR count). The summed E-state index contributed by atoms with van der Waals surface area (Å²) in [6.45, 7) is 0.231. The van der Waals surface area contributed by atoms with Crippen molar-refractivity contribution in [1.29, 1.82) is 0 Å². The van der Waals surface area contributed by atoms with Crippen molar-refractivity contribution in [3.05, 3.63) is 41.4 Å². The number of carbonyl (C=O) groups excluding carboxylic acids is 2. The van der Waals surface area contributed by atoms with E-state index in [1.165, 1.54) is 16.2 Å². The molecule has 2 aromatic rings. The number of hydrogen-bond donors (Lipinski definition) is 0. The van der Waals surface area contributed by atoms with Crippen molar-refractivity contribution in [3.8, 4) is 22.1 Å². The van der Waals surface area contributed by atoms with Crippen LogP contribution in [-0.2, 0) is 16.1 Å². The van der Waals surface area contributed by atoms with E-state index in [0.29, 0.717) is 24.3 Å². The Balaban J connectivity index is 1.54. The van der Waals surface area contributed by atoms with Gasteiger partial charge >= 0.3 is 0 Å². The summed E-state index contributed by atoms with van der Waals surface area (Å²) >= 11 is 1.48. The van der Waals surface area contributed by atoms with Gasteiger partial charge in [0.25, 0.3) is 0 Å². The summed E-state index contributed by atoms with van der Waals surface area (Å²) in [5.74, 6) is 0.735. The highest BCUT2D eigenvalue weighted by Gasteiger charge is 2.47. The summed E-state index contributed by atoms with van der Waals surface area (Å²) in [5.41, 5.74) is 1.62. The summed E-state index contributed by atoms with van der Waals surface area (Å²) in [5, 5.41) is 2.71. The lowest BCUT2D eigenvalue weighted by molar-refractivity contribution is -0.140. The van der Waals surface area contributed by atoms with E-state index in [1.54, 1.807) is 14.2 Å². The molecule has 2 amide bonds. The number of carbonyl (C=O) groups is 2. The third kappa shape index (κ3) is 3.12. The van der Waals surface area contributed by atoms with Crippen LogP contribution in [-0.4, -0.2) is 35.9 Å². The molecule has 1 aliphatic carbocycles. The molecule has 27 heavy (non-hydrogen) atoms. The SMILES string of the molecule is COc1ccc(-c2nc(CN3C(=O)[C@@H]4CC=CC[C@H]4C3=O)cs2)cc1OC. The van der Waals surface area contributed by atoms with Crippen LogP contribution in [0.4, 0.5) is 0 Å². The van der Waals surface area contributed by atoms with Gasteiger partial charge in [-0.3, -0.25) is 14.5 Å². The number of rotatable bonds is 5. The van der Waals surface area contributed by atoms with E-state index in [-0.39, 0.29) is 30.2 Å². The Bertz CT molecular complexity index is 894. The molecule has 1 aromatic carbocycles. The second-order valence-corrected chi connectivity index (χ2v) is 7.49. The lowest BCUT2D eigenvalue weighted by Crippen LogP contribution is -2.30. The Morgan fingerprint density at radius 3 is 2.37 bits per heavy atom. The molecule has 6 nitrogen and oxygen atoms in total. The van der Waals surface area contributed by atoms with Gasteiger partial charge in [-0.2, -0.15) is 0 Å². The molecule has 2 heterocycles. The van der Waals surface area contributed by atoms with Crippen LogP contribution in [0.25, 0.3) is 10.6 Å². The van der Waals surface area contributed by atoms with Crippen molar-refractivity contribution in [2.75, 3.05) is 14.2 Å². The van der Waals surface area contributed by atoms with Crippen molar-refractivity contribution in [1.82, 2.24) is 9.88 Å². The third-order valence-corrected chi connectivity index (χ3v) is 6.04. The van der Waals surface area contributed by atoms with Gasteiger partial charge in [-0.15, -0.1) is 11.3 Å². The first-order valence-corrected chi connectivity index (χ1v) is 9.67. The number of hydrogen-bond acceptors (Lipinski definition) is 6. The van der Waals surface area contributed by atoms with Gasteiger partial charge in [0.2, 0.25) is 11.8 Å². The van der Waals surface area contributed by atoms with Crippen molar-refractivity contribution in [3.63, 3.8) is 0 Å². The molecule has 1 fully saturated rings. The van der Waals surface area contributed by atoms with Gasteiger partial charge in [-0.05, 0) is 31.0 Å². The number of nitrogens with zero attached hydrogens (tertiary/aromatic N) is 2. The summed E-state index contributed by atoms with van der Waals surface area (Å²) in [6, 6.07) is 5.62. The molecule has 1 aromatic heterocycles. The molecule has 140 valence electrons. The van der Waals surface area contributed by atoms with E-state index in [2.05, 4.69) is 4.98 Å². The first-order chi connectivity index (χ1) is 13.1. The Hall–Kier alpha value is -2.67. The molecule has 0 radical (unpaired) electrons. The molecule has 1 aliphatic heterocycles. The fraction of sp³-hybridized carbons (Fsp3) is 0.350. The monoisotopic (exact) mass is 384 g/mol. The molecule has 2 aliphatic rings. The maximum Gasteiger partial charge on any atom is 0.233 e. The molecule has 0 bridgehead atoms. The molecular formula is C20H20N2O4S. The average molecular weight is 384 g/mol. The molecule has 7 heteroatoms. The number of likely N-dealkylation sites (tertiary alicyclic amines) is 1. The predicted octanol–water partition coefficient (Wildman–Crippen LogP) is 3.28. The van der Waals surface area contributed by atoms with Crippen LogP contribution in [0.15, 0.2) is 35.7 Å². The van der Waals surface area contributed by atoms with Gasteiger partial charge < -0.3 is 9.47 Å². The average Bonchev–Trinajstić information content (AvgIpc) is 3.27. The zero-order valence-electron chi connectivity index (χ0n) is 15.2. The smallest absolute Gasteiger partial charge is 0.233 e. The topological polar surface area (TPSA) is 68.7 Å². The standard InChI is InChI=1S/C20H20N2O4S/c1-25-16-8-7-12(9-17(16)26-2)18-21-13(11-27-18)10-22-19(23)14-5-3-4-6-15(14)20(22)24/h3-4,7-9,11,14-15H,5-6,10H2,1-2H3/t14-,15-/m1/s1. The fourth-order valence-corrected chi connectivity index (χ4v) is 4.48. The van der Waals surface area contributed by atoms with Gasteiger partial charge in [-0.25, -0.2) is 4.98 Å². The molecule has 0 spiro atoms. The number of methoxy groups -OCH3 is 2. The van der Waals surface area contributed by atoms with Gasteiger partial charge in [0.1, 0.15) is 5.01 Å². The number of imide groups is 1. The molecule has 0 saturated carbocycles. The van der Waals surface area contributed by atoms with Crippen LogP contribution in [0, 0.1) is 11.8 Å². The van der Waals surface area contributed by atoms with Gasteiger partial charge in [0, 0.05) is 10.9 Å². The lowest BCUT2D eigenvalue weighted by Gasteiger charge is -2.14. The van der Waals surface area contributed by atoms with E-state index in [0.717, 1.165) is 16.3 Å². The first-order valence-electron chi connectivity index (χ1n) is 8.79. The third-order valence-electron chi connectivity index (χ3n) is 5.10. The summed E-state index contributed by atoms with van der Waals surface area (Å²) in [4.78, 5) is 31.2. The number of thiazole rings is 1. The van der Waals surface area contributed by atoms with Crippen LogP contribution in [0.5, 0.6) is 11.5 Å². The Morgan fingerprint density at radius 2 is 1.74 bits per heavy atom. The van der Waals surface area contributed by atoms with E-state index in [4.69, 9.17) is 9.47 Å². The second kappa shape index (κ2) is 7.15. The number of ether oxygens (including phenoxy) is 2. The van der Waals surface area contributed by atoms with Crippen molar-refractivity contribution in [2.45, 2.75) is 19.4 Å². The number of allylic oxidation sites excluding steroid dienone is 2. The van der Waals surface area contributed by atoms with Crippen molar-refractivity contribution >= 4 is 23.2 Å². The summed E-state index contributed by atoms with van der Waals surface area (Å²) in [7, 11) is 3.18. The van der Waals surface area contributed by atoms with Crippen LogP contribution in [0.3, 0.4) is 0 Å². The quantitative estimate of drug-likeness (QED) is 0.585. The highest BCUT2D eigenvalue weighted by molar-refractivity contribution is 7.13. The lowest BCUT2D eigenvalue weighted by atomic mass is 9.85. The van der Waals surface area contributed by atoms with Crippen molar-refractivity contribution in [2.24, 2.45) is 11.8 Å². The normalized spacial score (nSPS) is 21.5. The zero-order valence-corrected chi connectivity index (χ0v) is 16.0. The highest BCUT2D eigenvalue weighted by Crippen LogP contribution is 2.37. The number of benzene rings is 1. The fourth-order valence-electron chi connectivity index (χ4n) is 3.67. The van der Waals surface area contributed by atoms with E-state index in [1.807, 2.05) is 35.7 Å². The summed E-state index contributed by atoms with van der Waals surface area (Å²) in [6.07, 6.45) is 5.29. The molecule has 1 saturated heterocycles. The number of amides is 2.